The van der Waals surface area contributed by atoms with Gasteiger partial charge in [-0.1, -0.05) is 35.9 Å². The molecule has 4 nitrogen and oxygen atoms in total. The molecule has 0 radical (unpaired) electrons. The molecule has 130 valence electrons. The summed E-state index contributed by atoms with van der Waals surface area (Å²) >= 11 is 5.85. The molecular formula is C19H17ClFNO3. The number of nitrogens with one attached hydrogen (secondary N) is 1. The summed E-state index contributed by atoms with van der Waals surface area (Å²) in [4.78, 5) is 23.6. The molecule has 0 bridgehead atoms. The Morgan fingerprint density at radius 3 is 2.44 bits per heavy atom. The lowest BCUT2D eigenvalue weighted by Crippen LogP contribution is -2.21. The predicted octanol–water partition coefficient (Wildman–Crippen LogP) is 4.29. The van der Waals surface area contributed by atoms with Crippen LogP contribution in [0.15, 0.2) is 42.5 Å². The monoisotopic (exact) mass is 361 g/mol. The van der Waals surface area contributed by atoms with Crippen molar-refractivity contribution in [2.24, 2.45) is 0 Å². The van der Waals surface area contributed by atoms with E-state index in [0.29, 0.717) is 5.69 Å². The number of hydrogen-bond acceptors (Lipinski definition) is 3. The highest BCUT2D eigenvalue weighted by Crippen LogP contribution is 2.20. The van der Waals surface area contributed by atoms with E-state index in [4.69, 9.17) is 16.3 Å². The van der Waals surface area contributed by atoms with Crippen molar-refractivity contribution in [3.05, 3.63) is 70.0 Å². The van der Waals surface area contributed by atoms with Crippen LogP contribution in [0, 0.1) is 19.7 Å². The van der Waals surface area contributed by atoms with Crippen molar-refractivity contribution in [2.75, 3.05) is 11.9 Å². The Morgan fingerprint density at radius 2 is 1.80 bits per heavy atom. The molecule has 0 saturated heterocycles. The molecule has 0 fully saturated rings. The van der Waals surface area contributed by atoms with Gasteiger partial charge in [0.25, 0.3) is 5.91 Å². The van der Waals surface area contributed by atoms with Gasteiger partial charge in [0, 0.05) is 17.3 Å². The number of benzene rings is 2. The van der Waals surface area contributed by atoms with Crippen molar-refractivity contribution in [2.45, 2.75) is 13.8 Å². The molecule has 0 atom stereocenters. The van der Waals surface area contributed by atoms with E-state index in [1.165, 1.54) is 24.3 Å². The fourth-order valence-electron chi connectivity index (χ4n) is 2.19. The van der Waals surface area contributed by atoms with Gasteiger partial charge in [0.2, 0.25) is 0 Å². The molecule has 2 rings (SSSR count). The van der Waals surface area contributed by atoms with Gasteiger partial charge in [-0.15, -0.1) is 0 Å². The van der Waals surface area contributed by atoms with Crippen molar-refractivity contribution >= 4 is 35.2 Å². The van der Waals surface area contributed by atoms with Gasteiger partial charge in [0.05, 0.1) is 5.02 Å². The number of halogens is 2. The van der Waals surface area contributed by atoms with Gasteiger partial charge in [-0.05, 0) is 43.2 Å². The minimum absolute atomic E-state index is 0.0844. The lowest BCUT2D eigenvalue weighted by Gasteiger charge is -2.11. The van der Waals surface area contributed by atoms with Crippen LogP contribution in [0.3, 0.4) is 0 Å². The summed E-state index contributed by atoms with van der Waals surface area (Å²) in [6.45, 7) is 3.30. The van der Waals surface area contributed by atoms with Gasteiger partial charge in [0.1, 0.15) is 5.82 Å². The second-order valence-electron chi connectivity index (χ2n) is 5.39. The third-order valence-corrected chi connectivity index (χ3v) is 3.81. The van der Waals surface area contributed by atoms with Crippen molar-refractivity contribution in [1.82, 2.24) is 0 Å². The summed E-state index contributed by atoms with van der Waals surface area (Å²) in [5.41, 5.74) is 2.60. The van der Waals surface area contributed by atoms with Gasteiger partial charge in [-0.25, -0.2) is 9.18 Å². The highest BCUT2D eigenvalue weighted by Gasteiger charge is 2.10. The molecule has 0 aliphatic carbocycles. The number of carbonyl (C=O) groups is 2. The lowest BCUT2D eigenvalue weighted by atomic mass is 10.1. The Hall–Kier alpha value is -2.66. The highest BCUT2D eigenvalue weighted by atomic mass is 35.5. The number of esters is 1. The van der Waals surface area contributed by atoms with E-state index < -0.39 is 24.3 Å². The van der Waals surface area contributed by atoms with Gasteiger partial charge < -0.3 is 10.1 Å². The maximum Gasteiger partial charge on any atom is 0.331 e. The van der Waals surface area contributed by atoms with E-state index in [1.54, 1.807) is 0 Å². The minimum atomic E-state index is -0.768. The van der Waals surface area contributed by atoms with Gasteiger partial charge in [0.15, 0.2) is 6.61 Å². The van der Waals surface area contributed by atoms with Crippen LogP contribution in [-0.2, 0) is 14.3 Å². The summed E-state index contributed by atoms with van der Waals surface area (Å²) in [6, 6.07) is 9.83. The topological polar surface area (TPSA) is 55.4 Å². The molecule has 0 unspecified atom stereocenters. The van der Waals surface area contributed by atoms with Crippen LogP contribution in [0.1, 0.15) is 16.7 Å². The fourth-order valence-corrected chi connectivity index (χ4v) is 2.42. The van der Waals surface area contributed by atoms with E-state index >= 15 is 0 Å². The van der Waals surface area contributed by atoms with Crippen LogP contribution < -0.4 is 5.32 Å². The number of amides is 1. The number of carbonyl (C=O) groups excluding carboxylic acids is 2. The van der Waals surface area contributed by atoms with E-state index in [0.717, 1.165) is 17.2 Å². The first kappa shape index (κ1) is 18.7. The largest absolute Gasteiger partial charge is 0.452 e. The molecule has 0 heterocycles. The normalized spacial score (nSPS) is 10.7. The SMILES string of the molecule is Cc1cccc(C)c1NC(=O)COC(=O)/C=C/c1c(F)cccc1Cl. The minimum Gasteiger partial charge on any atom is -0.452 e. The van der Waals surface area contributed by atoms with Crippen LogP contribution in [0.25, 0.3) is 6.08 Å². The zero-order valence-electron chi connectivity index (χ0n) is 13.8. The molecule has 0 saturated carbocycles. The molecule has 6 heteroatoms. The first-order valence-corrected chi connectivity index (χ1v) is 7.91. The molecule has 0 aromatic heterocycles. The summed E-state index contributed by atoms with van der Waals surface area (Å²) < 4.78 is 18.4. The van der Waals surface area contributed by atoms with Gasteiger partial charge >= 0.3 is 5.97 Å². The van der Waals surface area contributed by atoms with Gasteiger partial charge in [-0.3, -0.25) is 4.79 Å². The molecule has 1 N–H and O–H groups in total. The van der Waals surface area contributed by atoms with Crippen LogP contribution in [0.4, 0.5) is 10.1 Å². The maximum atomic E-state index is 13.6. The smallest absolute Gasteiger partial charge is 0.331 e. The van der Waals surface area contributed by atoms with E-state index in [9.17, 15) is 14.0 Å². The van der Waals surface area contributed by atoms with Crippen molar-refractivity contribution < 1.29 is 18.7 Å². The second kappa shape index (κ2) is 8.44. The predicted molar refractivity (Wildman–Crippen MR) is 95.9 cm³/mol. The number of aryl methyl sites for hydroxylation is 2. The zero-order chi connectivity index (χ0) is 18.4. The molecule has 25 heavy (non-hydrogen) atoms. The molecule has 2 aromatic rings. The van der Waals surface area contributed by atoms with Crippen LogP contribution in [0.5, 0.6) is 0 Å². The average Bonchev–Trinajstić information content (AvgIpc) is 2.56. The van der Waals surface area contributed by atoms with Crippen molar-refractivity contribution in [1.29, 1.82) is 0 Å². The van der Waals surface area contributed by atoms with Crippen molar-refractivity contribution in [3.8, 4) is 0 Å². The van der Waals surface area contributed by atoms with Gasteiger partial charge in [-0.2, -0.15) is 0 Å². The average molecular weight is 362 g/mol. The summed E-state index contributed by atoms with van der Waals surface area (Å²) in [5.74, 6) is -1.77. The Kier molecular flexibility index (Phi) is 6.31. The Bertz CT molecular complexity index is 793. The molecule has 1 amide bonds. The number of anilines is 1. The molecule has 0 spiro atoms. The number of hydrogen-bond donors (Lipinski definition) is 1. The van der Waals surface area contributed by atoms with E-state index in [1.807, 2.05) is 32.0 Å². The molecule has 2 aromatic carbocycles. The Labute approximate surface area is 150 Å². The number of rotatable bonds is 5. The van der Waals surface area contributed by atoms with Crippen molar-refractivity contribution in [3.63, 3.8) is 0 Å². The van der Waals surface area contributed by atoms with Crippen LogP contribution in [0.2, 0.25) is 5.02 Å². The summed E-state index contributed by atoms with van der Waals surface area (Å²) in [7, 11) is 0. The fraction of sp³-hybridized carbons (Fsp3) is 0.158. The standard InChI is InChI=1S/C19H17ClFNO3/c1-12-5-3-6-13(2)19(12)22-17(23)11-25-18(24)10-9-14-15(20)7-4-8-16(14)21/h3-10H,11H2,1-2H3,(H,22,23)/b10-9+. The number of ether oxygens (including phenoxy) is 1. The second-order valence-corrected chi connectivity index (χ2v) is 5.80. The Balaban J connectivity index is 1.91. The quantitative estimate of drug-likeness (QED) is 0.638. The lowest BCUT2D eigenvalue weighted by molar-refractivity contribution is -0.142. The highest BCUT2D eigenvalue weighted by molar-refractivity contribution is 6.32. The molecule has 0 aliphatic rings. The third-order valence-electron chi connectivity index (χ3n) is 3.48. The molecular weight excluding hydrogens is 345 g/mol. The van der Waals surface area contributed by atoms with E-state index in [-0.39, 0.29) is 10.6 Å². The maximum absolute atomic E-state index is 13.6. The first-order chi connectivity index (χ1) is 11.9. The zero-order valence-corrected chi connectivity index (χ0v) is 14.6. The Morgan fingerprint density at radius 1 is 1.16 bits per heavy atom. The molecule has 0 aliphatic heterocycles. The summed E-state index contributed by atoms with van der Waals surface area (Å²) in [5, 5.41) is 2.88. The van der Waals surface area contributed by atoms with E-state index in [2.05, 4.69) is 5.32 Å². The first-order valence-electron chi connectivity index (χ1n) is 7.53. The van der Waals surface area contributed by atoms with Crippen LogP contribution in [-0.4, -0.2) is 18.5 Å². The summed E-state index contributed by atoms with van der Waals surface area (Å²) in [6.07, 6.45) is 2.24. The van der Waals surface area contributed by atoms with Crippen LogP contribution >= 0.6 is 11.6 Å². The third kappa shape index (κ3) is 5.16. The number of para-hydroxylation sites is 1.